The molecule has 15 heavy (non-hydrogen) atoms. The van der Waals surface area contributed by atoms with Crippen LogP contribution in [0.2, 0.25) is 0 Å². The topological polar surface area (TPSA) is 79.2 Å². The molecular weight excluding hydrogens is 224 g/mol. The van der Waals surface area contributed by atoms with Crippen molar-refractivity contribution in [3.63, 3.8) is 0 Å². The van der Waals surface area contributed by atoms with Gasteiger partial charge in [0.25, 0.3) is 0 Å². The minimum Gasteiger partial charge on any atom is -0.476 e. The Kier molecular flexibility index (Phi) is 4.54. The smallest absolute Gasteiger partial charge is 0.430 e. The van der Waals surface area contributed by atoms with Crippen LogP contribution in [0.25, 0.3) is 0 Å². The first-order chi connectivity index (χ1) is 6.63. The predicted octanol–water partition coefficient (Wildman–Crippen LogP) is 1.49. The molecule has 1 amide bonds. The second-order valence-electron chi connectivity index (χ2n) is 3.70. The summed E-state index contributed by atoms with van der Waals surface area (Å²) in [5.74, 6) is -1.41. The average molecular weight is 237 g/mol. The number of carbonyl (C=O) groups excluding carboxylic acids is 1. The van der Waals surface area contributed by atoms with Crippen molar-refractivity contribution in [2.24, 2.45) is 5.10 Å². The summed E-state index contributed by atoms with van der Waals surface area (Å²) in [6.07, 6.45) is -0.776. The Bertz CT molecular complexity index is 296. The summed E-state index contributed by atoms with van der Waals surface area (Å²) in [6.45, 7) is 5.05. The van der Waals surface area contributed by atoms with Gasteiger partial charge in [0, 0.05) is 7.05 Å². The first kappa shape index (κ1) is 13.7. The average Bonchev–Trinajstić information content (AvgIpc) is 2.00. The number of carbonyl (C=O) groups is 2. The third-order valence-corrected chi connectivity index (χ3v) is 1.31. The number of hydrazone groups is 1. The first-order valence-electron chi connectivity index (χ1n) is 4.07. The highest BCUT2D eigenvalue weighted by Crippen LogP contribution is 2.09. The molecule has 0 fully saturated rings. The van der Waals surface area contributed by atoms with E-state index < -0.39 is 22.8 Å². The van der Waals surface area contributed by atoms with E-state index in [0.29, 0.717) is 0 Å². The molecule has 0 aliphatic rings. The zero-order chi connectivity index (χ0) is 12.2. The van der Waals surface area contributed by atoms with Gasteiger partial charge in [-0.25, -0.2) is 9.59 Å². The summed E-state index contributed by atoms with van der Waals surface area (Å²) >= 11 is 5.23. The molecule has 0 radical (unpaired) electrons. The Morgan fingerprint density at radius 2 is 1.87 bits per heavy atom. The highest BCUT2D eigenvalue weighted by atomic mass is 35.5. The molecule has 0 spiro atoms. The first-order valence-corrected chi connectivity index (χ1v) is 4.45. The van der Waals surface area contributed by atoms with Crippen molar-refractivity contribution in [1.82, 2.24) is 5.01 Å². The maximum atomic E-state index is 11.3. The Labute approximate surface area is 92.5 Å². The van der Waals surface area contributed by atoms with Crippen LogP contribution in [0.1, 0.15) is 20.8 Å². The van der Waals surface area contributed by atoms with Gasteiger partial charge in [-0.2, -0.15) is 5.01 Å². The number of halogens is 1. The molecule has 1 N–H and O–H groups in total. The van der Waals surface area contributed by atoms with Crippen molar-refractivity contribution in [1.29, 1.82) is 0 Å². The van der Waals surface area contributed by atoms with Crippen LogP contribution in [0.4, 0.5) is 4.79 Å². The Balaban J connectivity index is 4.47. The monoisotopic (exact) mass is 236 g/mol. The Hall–Kier alpha value is -1.30. The van der Waals surface area contributed by atoms with Gasteiger partial charge in [-0.3, -0.25) is 0 Å². The lowest BCUT2D eigenvalue weighted by Crippen LogP contribution is -2.32. The standard InChI is InChI=1S/C8H13ClN2O4/c1-8(2,3)15-7(14)11(4)10-5(9)6(12)13/h1-4H3,(H,12,13). The minimum absolute atomic E-state index is 0.670. The number of carboxylic acids is 1. The summed E-state index contributed by atoms with van der Waals surface area (Å²) in [6, 6.07) is 0. The summed E-state index contributed by atoms with van der Waals surface area (Å²) in [7, 11) is 1.25. The van der Waals surface area contributed by atoms with Gasteiger partial charge in [0.05, 0.1) is 0 Å². The normalized spacial score (nSPS) is 12.2. The number of rotatable bonds is 2. The number of amides is 1. The molecule has 0 rings (SSSR count). The minimum atomic E-state index is -1.41. The van der Waals surface area contributed by atoms with E-state index in [-0.39, 0.29) is 0 Å². The fourth-order valence-electron chi connectivity index (χ4n) is 0.543. The van der Waals surface area contributed by atoms with E-state index in [1.165, 1.54) is 7.05 Å². The predicted molar refractivity (Wildman–Crippen MR) is 54.9 cm³/mol. The largest absolute Gasteiger partial charge is 0.476 e. The molecule has 7 heteroatoms. The van der Waals surface area contributed by atoms with Gasteiger partial charge >= 0.3 is 12.1 Å². The van der Waals surface area contributed by atoms with Gasteiger partial charge in [0.1, 0.15) is 5.60 Å². The SMILES string of the molecule is CN(N=C(Cl)C(=O)O)C(=O)OC(C)(C)C. The number of carboxylic acid groups (broad SMARTS) is 1. The van der Waals surface area contributed by atoms with Gasteiger partial charge in [0.2, 0.25) is 5.17 Å². The molecule has 0 bridgehead atoms. The van der Waals surface area contributed by atoms with Crippen molar-refractivity contribution >= 4 is 28.8 Å². The maximum absolute atomic E-state index is 11.3. The van der Waals surface area contributed by atoms with Gasteiger partial charge < -0.3 is 9.84 Å². The van der Waals surface area contributed by atoms with E-state index in [1.54, 1.807) is 20.8 Å². The van der Waals surface area contributed by atoms with Crippen LogP contribution >= 0.6 is 11.6 Å². The van der Waals surface area contributed by atoms with E-state index in [9.17, 15) is 9.59 Å². The molecule has 0 saturated carbocycles. The molecule has 0 aromatic heterocycles. The van der Waals surface area contributed by atoms with E-state index >= 15 is 0 Å². The fourth-order valence-corrected chi connectivity index (χ4v) is 0.657. The second kappa shape index (κ2) is 4.97. The molecule has 0 atom stereocenters. The van der Waals surface area contributed by atoms with Gasteiger partial charge in [-0.05, 0) is 20.8 Å². The van der Waals surface area contributed by atoms with Crippen LogP contribution in [0.5, 0.6) is 0 Å². The van der Waals surface area contributed by atoms with Crippen molar-refractivity contribution < 1.29 is 19.4 Å². The molecule has 0 aromatic rings. The Morgan fingerprint density at radius 1 is 1.40 bits per heavy atom. The maximum Gasteiger partial charge on any atom is 0.430 e. The highest BCUT2D eigenvalue weighted by Gasteiger charge is 2.20. The third-order valence-electron chi connectivity index (χ3n) is 1.07. The lowest BCUT2D eigenvalue weighted by atomic mass is 10.2. The van der Waals surface area contributed by atoms with Crippen molar-refractivity contribution in [3.05, 3.63) is 0 Å². The second-order valence-corrected chi connectivity index (χ2v) is 4.06. The highest BCUT2D eigenvalue weighted by molar-refractivity contribution is 6.81. The number of aliphatic carboxylic acids is 1. The van der Waals surface area contributed by atoms with Crippen molar-refractivity contribution in [2.45, 2.75) is 26.4 Å². The lowest BCUT2D eigenvalue weighted by Gasteiger charge is -2.21. The van der Waals surface area contributed by atoms with E-state index in [2.05, 4.69) is 5.10 Å². The number of ether oxygens (including phenoxy) is 1. The zero-order valence-electron chi connectivity index (χ0n) is 8.94. The van der Waals surface area contributed by atoms with Crippen molar-refractivity contribution in [3.8, 4) is 0 Å². The number of hydrogen-bond acceptors (Lipinski definition) is 4. The summed E-state index contributed by atoms with van der Waals surface area (Å²) in [5, 5.41) is 11.7. The molecular formula is C8H13ClN2O4. The van der Waals surface area contributed by atoms with E-state index in [4.69, 9.17) is 21.4 Å². The quantitative estimate of drug-likeness (QED) is 0.582. The molecule has 0 aliphatic carbocycles. The molecule has 86 valence electrons. The van der Waals surface area contributed by atoms with Gasteiger partial charge in [-0.1, -0.05) is 11.6 Å². The van der Waals surface area contributed by atoms with Crippen LogP contribution in [0, 0.1) is 0 Å². The molecule has 0 aliphatic heterocycles. The molecule has 0 heterocycles. The lowest BCUT2D eigenvalue weighted by molar-refractivity contribution is -0.129. The molecule has 0 saturated heterocycles. The van der Waals surface area contributed by atoms with Crippen LogP contribution in [0.15, 0.2) is 5.10 Å². The summed E-state index contributed by atoms with van der Waals surface area (Å²) in [5.41, 5.74) is -0.670. The summed E-state index contributed by atoms with van der Waals surface area (Å²) < 4.78 is 4.91. The summed E-state index contributed by atoms with van der Waals surface area (Å²) in [4.78, 5) is 21.6. The molecule has 0 aromatic carbocycles. The van der Waals surface area contributed by atoms with Crippen LogP contribution < -0.4 is 0 Å². The fraction of sp³-hybridized carbons (Fsp3) is 0.625. The zero-order valence-corrected chi connectivity index (χ0v) is 9.70. The van der Waals surface area contributed by atoms with Gasteiger partial charge in [-0.15, -0.1) is 5.10 Å². The van der Waals surface area contributed by atoms with E-state index in [1.807, 2.05) is 0 Å². The van der Waals surface area contributed by atoms with Crippen LogP contribution in [-0.4, -0.2) is 40.0 Å². The van der Waals surface area contributed by atoms with Crippen molar-refractivity contribution in [2.75, 3.05) is 7.05 Å². The van der Waals surface area contributed by atoms with E-state index in [0.717, 1.165) is 5.01 Å². The Morgan fingerprint density at radius 3 is 2.20 bits per heavy atom. The third kappa shape index (κ3) is 5.90. The number of nitrogens with zero attached hydrogens (tertiary/aromatic N) is 2. The number of hydrogen-bond donors (Lipinski definition) is 1. The van der Waals surface area contributed by atoms with Crippen LogP contribution in [-0.2, 0) is 9.53 Å². The van der Waals surface area contributed by atoms with Gasteiger partial charge in [0.15, 0.2) is 0 Å². The van der Waals surface area contributed by atoms with Crippen LogP contribution in [0.3, 0.4) is 0 Å². The molecule has 0 unspecified atom stereocenters. The molecule has 6 nitrogen and oxygen atoms in total.